The van der Waals surface area contributed by atoms with Crippen molar-refractivity contribution in [3.8, 4) is 0 Å². The minimum absolute atomic E-state index is 0.447. The zero-order valence-corrected chi connectivity index (χ0v) is 9.80. The first kappa shape index (κ1) is 12.1. The average Bonchev–Trinajstić information content (AvgIpc) is 2.58. The van der Waals surface area contributed by atoms with Gasteiger partial charge in [-0.3, -0.25) is 10.1 Å². The molecule has 1 unspecified atom stereocenters. The monoisotopic (exact) mass is 228 g/mol. The molecular formula is C10H16N2O2S. The molecule has 0 amide bonds. The smallest absolute Gasteiger partial charge is 0.320 e. The second kappa shape index (κ2) is 5.82. The maximum absolute atomic E-state index is 10.8. The standard InChI is InChI=1S/C10H16N2O2S/c1-3-4-9(10(13)14)12-6-8-5-11-7(2)15-8/h5,9,12H,3-4,6H2,1-2H3,(H,13,14). The van der Waals surface area contributed by atoms with E-state index in [0.717, 1.165) is 16.3 Å². The molecule has 15 heavy (non-hydrogen) atoms. The van der Waals surface area contributed by atoms with Crippen LogP contribution in [0.2, 0.25) is 0 Å². The van der Waals surface area contributed by atoms with Gasteiger partial charge in [-0.2, -0.15) is 0 Å². The fourth-order valence-electron chi connectivity index (χ4n) is 1.31. The van der Waals surface area contributed by atoms with Crippen molar-refractivity contribution < 1.29 is 9.90 Å². The molecule has 1 aromatic rings. The molecular weight excluding hydrogens is 212 g/mol. The number of carboxylic acid groups (broad SMARTS) is 1. The Labute approximate surface area is 93.4 Å². The van der Waals surface area contributed by atoms with E-state index in [1.165, 1.54) is 0 Å². The molecule has 0 aliphatic carbocycles. The normalized spacial score (nSPS) is 12.7. The maximum atomic E-state index is 10.8. The summed E-state index contributed by atoms with van der Waals surface area (Å²) in [5.74, 6) is -0.780. The second-order valence-corrected chi connectivity index (χ2v) is 4.73. The van der Waals surface area contributed by atoms with Crippen molar-refractivity contribution in [1.29, 1.82) is 0 Å². The number of nitrogens with zero attached hydrogens (tertiary/aromatic N) is 1. The second-order valence-electron chi connectivity index (χ2n) is 3.41. The van der Waals surface area contributed by atoms with Gasteiger partial charge in [-0.1, -0.05) is 13.3 Å². The first-order chi connectivity index (χ1) is 7.13. The van der Waals surface area contributed by atoms with Crippen LogP contribution >= 0.6 is 11.3 Å². The highest BCUT2D eigenvalue weighted by molar-refractivity contribution is 7.11. The molecule has 0 aliphatic heterocycles. The van der Waals surface area contributed by atoms with Crippen molar-refractivity contribution in [3.63, 3.8) is 0 Å². The van der Waals surface area contributed by atoms with Crippen LogP contribution in [0.1, 0.15) is 29.7 Å². The van der Waals surface area contributed by atoms with E-state index in [-0.39, 0.29) is 0 Å². The molecule has 0 spiro atoms. The molecule has 4 nitrogen and oxygen atoms in total. The molecule has 0 radical (unpaired) electrons. The fraction of sp³-hybridized carbons (Fsp3) is 0.600. The van der Waals surface area contributed by atoms with Gasteiger partial charge >= 0.3 is 5.97 Å². The highest BCUT2D eigenvalue weighted by atomic mass is 32.1. The molecule has 1 aromatic heterocycles. The number of hydrogen-bond acceptors (Lipinski definition) is 4. The van der Waals surface area contributed by atoms with Crippen molar-refractivity contribution in [2.24, 2.45) is 0 Å². The number of aromatic nitrogens is 1. The van der Waals surface area contributed by atoms with E-state index in [2.05, 4.69) is 10.3 Å². The van der Waals surface area contributed by atoms with Crippen molar-refractivity contribution in [2.75, 3.05) is 0 Å². The van der Waals surface area contributed by atoms with E-state index in [1.807, 2.05) is 13.8 Å². The Morgan fingerprint density at radius 1 is 1.73 bits per heavy atom. The summed E-state index contributed by atoms with van der Waals surface area (Å²) >= 11 is 1.59. The number of aryl methyl sites for hydroxylation is 1. The van der Waals surface area contributed by atoms with Crippen molar-refractivity contribution in [2.45, 2.75) is 39.3 Å². The Morgan fingerprint density at radius 3 is 2.93 bits per heavy atom. The van der Waals surface area contributed by atoms with Gasteiger partial charge in [0.25, 0.3) is 0 Å². The lowest BCUT2D eigenvalue weighted by Crippen LogP contribution is -2.35. The molecule has 1 rings (SSSR count). The Morgan fingerprint density at radius 2 is 2.47 bits per heavy atom. The molecule has 0 saturated carbocycles. The summed E-state index contributed by atoms with van der Waals surface area (Å²) in [4.78, 5) is 16.0. The van der Waals surface area contributed by atoms with Crippen LogP contribution < -0.4 is 5.32 Å². The summed E-state index contributed by atoms with van der Waals surface area (Å²) in [6.07, 6.45) is 3.32. The Hall–Kier alpha value is -0.940. The zero-order chi connectivity index (χ0) is 11.3. The van der Waals surface area contributed by atoms with E-state index in [4.69, 9.17) is 5.11 Å². The van der Waals surface area contributed by atoms with Gasteiger partial charge < -0.3 is 5.11 Å². The van der Waals surface area contributed by atoms with Crippen LogP contribution in [0.25, 0.3) is 0 Å². The average molecular weight is 228 g/mol. The quantitative estimate of drug-likeness (QED) is 0.779. The third-order valence-electron chi connectivity index (χ3n) is 2.07. The largest absolute Gasteiger partial charge is 0.480 e. The number of hydrogen-bond donors (Lipinski definition) is 2. The molecule has 1 atom stereocenters. The van der Waals surface area contributed by atoms with E-state index in [1.54, 1.807) is 17.5 Å². The number of nitrogens with one attached hydrogen (secondary N) is 1. The molecule has 0 saturated heterocycles. The van der Waals surface area contributed by atoms with Crippen LogP contribution in [0, 0.1) is 6.92 Å². The number of rotatable bonds is 6. The summed E-state index contributed by atoms with van der Waals surface area (Å²) in [6.45, 7) is 4.51. The third kappa shape index (κ3) is 3.97. The molecule has 1 heterocycles. The van der Waals surface area contributed by atoms with Crippen LogP contribution in [0.4, 0.5) is 0 Å². The van der Waals surface area contributed by atoms with Gasteiger partial charge in [-0.25, -0.2) is 4.98 Å². The van der Waals surface area contributed by atoms with Gasteiger partial charge in [-0.05, 0) is 13.3 Å². The van der Waals surface area contributed by atoms with Crippen LogP contribution in [0.3, 0.4) is 0 Å². The van der Waals surface area contributed by atoms with Gasteiger partial charge in [0.05, 0.1) is 5.01 Å². The van der Waals surface area contributed by atoms with Crippen LogP contribution in [0.5, 0.6) is 0 Å². The molecule has 0 aliphatic rings. The van der Waals surface area contributed by atoms with Crippen molar-refractivity contribution in [3.05, 3.63) is 16.1 Å². The topological polar surface area (TPSA) is 62.2 Å². The lowest BCUT2D eigenvalue weighted by atomic mass is 10.2. The minimum atomic E-state index is -0.780. The van der Waals surface area contributed by atoms with Gasteiger partial charge in [0, 0.05) is 17.6 Å². The van der Waals surface area contributed by atoms with Crippen molar-refractivity contribution >= 4 is 17.3 Å². The summed E-state index contributed by atoms with van der Waals surface area (Å²) < 4.78 is 0. The number of carbonyl (C=O) groups is 1. The summed E-state index contributed by atoms with van der Waals surface area (Å²) in [5, 5.41) is 12.9. The lowest BCUT2D eigenvalue weighted by molar-refractivity contribution is -0.139. The van der Waals surface area contributed by atoms with Crippen molar-refractivity contribution in [1.82, 2.24) is 10.3 Å². The summed E-state index contributed by atoms with van der Waals surface area (Å²) in [5.41, 5.74) is 0. The first-order valence-corrected chi connectivity index (χ1v) is 5.82. The fourth-order valence-corrected chi connectivity index (χ4v) is 2.06. The predicted octanol–water partition coefficient (Wildman–Crippen LogP) is 1.79. The molecule has 5 heteroatoms. The first-order valence-electron chi connectivity index (χ1n) is 5.01. The molecule has 0 fully saturated rings. The minimum Gasteiger partial charge on any atom is -0.480 e. The third-order valence-corrected chi connectivity index (χ3v) is 2.98. The summed E-state index contributed by atoms with van der Waals surface area (Å²) in [7, 11) is 0. The molecule has 2 N–H and O–H groups in total. The van der Waals surface area contributed by atoms with Gasteiger partial charge in [0.1, 0.15) is 6.04 Å². The van der Waals surface area contributed by atoms with E-state index >= 15 is 0 Å². The van der Waals surface area contributed by atoms with Crippen LogP contribution in [-0.4, -0.2) is 22.1 Å². The number of thiazole rings is 1. The molecule has 84 valence electrons. The maximum Gasteiger partial charge on any atom is 0.320 e. The van der Waals surface area contributed by atoms with Crippen LogP contribution in [0.15, 0.2) is 6.20 Å². The van der Waals surface area contributed by atoms with Gasteiger partial charge in [0.15, 0.2) is 0 Å². The Bertz CT molecular complexity index is 325. The Kier molecular flexibility index (Phi) is 4.71. The number of aliphatic carboxylic acids is 1. The van der Waals surface area contributed by atoms with Crippen LogP contribution in [-0.2, 0) is 11.3 Å². The van der Waals surface area contributed by atoms with E-state index < -0.39 is 12.0 Å². The predicted molar refractivity (Wildman–Crippen MR) is 60.0 cm³/mol. The van der Waals surface area contributed by atoms with Gasteiger partial charge in [-0.15, -0.1) is 11.3 Å². The van der Waals surface area contributed by atoms with Gasteiger partial charge in [0.2, 0.25) is 0 Å². The lowest BCUT2D eigenvalue weighted by Gasteiger charge is -2.11. The molecule has 0 bridgehead atoms. The van der Waals surface area contributed by atoms with E-state index in [0.29, 0.717) is 13.0 Å². The SMILES string of the molecule is CCCC(NCc1cnc(C)s1)C(=O)O. The summed E-state index contributed by atoms with van der Waals surface area (Å²) in [6, 6.07) is -0.447. The number of carboxylic acids is 1. The highest BCUT2D eigenvalue weighted by Gasteiger charge is 2.15. The molecule has 0 aromatic carbocycles. The van der Waals surface area contributed by atoms with E-state index in [9.17, 15) is 4.79 Å². The highest BCUT2D eigenvalue weighted by Crippen LogP contribution is 2.11. The zero-order valence-electron chi connectivity index (χ0n) is 8.99. The Balaban J connectivity index is 2.43.